The van der Waals surface area contributed by atoms with Crippen molar-refractivity contribution >= 4 is 12.0 Å². The van der Waals surface area contributed by atoms with Crippen molar-refractivity contribution in [3.8, 4) is 0 Å². The van der Waals surface area contributed by atoms with E-state index in [1.807, 2.05) is 31.2 Å². The molecule has 0 saturated heterocycles. The van der Waals surface area contributed by atoms with Crippen molar-refractivity contribution in [2.45, 2.75) is 13.5 Å². The molecular weight excluding hydrogens is 260 g/mol. The van der Waals surface area contributed by atoms with Crippen LogP contribution in [0.4, 0.5) is 4.79 Å². The van der Waals surface area contributed by atoms with E-state index in [4.69, 9.17) is 9.84 Å². The number of nitrogens with zero attached hydrogens (tertiary/aromatic N) is 1. The van der Waals surface area contributed by atoms with E-state index in [1.54, 1.807) is 0 Å². The molecule has 1 aromatic rings. The Morgan fingerprint density at radius 1 is 1.35 bits per heavy atom. The zero-order valence-corrected chi connectivity index (χ0v) is 11.8. The fraction of sp³-hybridized carbons (Fsp3) is 0.429. The number of ether oxygens (including phenoxy) is 1. The molecule has 0 aromatic heterocycles. The zero-order valence-electron chi connectivity index (χ0n) is 11.8. The first-order valence-electron chi connectivity index (χ1n) is 6.32. The van der Waals surface area contributed by atoms with Gasteiger partial charge in [0.1, 0.15) is 6.54 Å². The maximum Gasteiger partial charge on any atom is 0.323 e. The molecule has 0 bridgehead atoms. The van der Waals surface area contributed by atoms with Gasteiger partial charge in [0.25, 0.3) is 0 Å². The Morgan fingerprint density at radius 3 is 2.65 bits per heavy atom. The van der Waals surface area contributed by atoms with Crippen molar-refractivity contribution in [3.63, 3.8) is 0 Å². The summed E-state index contributed by atoms with van der Waals surface area (Å²) in [6, 6.07) is 7.30. The highest BCUT2D eigenvalue weighted by molar-refractivity contribution is 5.80. The summed E-state index contributed by atoms with van der Waals surface area (Å²) in [6.07, 6.45) is 0. The van der Waals surface area contributed by atoms with Crippen LogP contribution in [-0.2, 0) is 16.1 Å². The summed E-state index contributed by atoms with van der Waals surface area (Å²) in [7, 11) is 1.50. The molecule has 0 radical (unpaired) electrons. The third kappa shape index (κ3) is 5.27. The number of rotatable bonds is 7. The quantitative estimate of drug-likeness (QED) is 0.787. The van der Waals surface area contributed by atoms with Crippen molar-refractivity contribution in [3.05, 3.63) is 35.4 Å². The monoisotopic (exact) mass is 280 g/mol. The van der Waals surface area contributed by atoms with Crippen LogP contribution in [-0.4, -0.2) is 48.8 Å². The van der Waals surface area contributed by atoms with E-state index in [0.29, 0.717) is 13.2 Å². The number of hydrogen-bond acceptors (Lipinski definition) is 3. The minimum Gasteiger partial charge on any atom is -0.480 e. The number of benzene rings is 1. The zero-order chi connectivity index (χ0) is 15.0. The number of aryl methyl sites for hydroxylation is 1. The van der Waals surface area contributed by atoms with Crippen LogP contribution in [0.1, 0.15) is 11.1 Å². The van der Waals surface area contributed by atoms with Gasteiger partial charge >= 0.3 is 12.0 Å². The highest BCUT2D eigenvalue weighted by Crippen LogP contribution is 2.06. The molecule has 110 valence electrons. The van der Waals surface area contributed by atoms with Gasteiger partial charge in [0.05, 0.1) is 6.61 Å². The third-order valence-electron chi connectivity index (χ3n) is 2.87. The Bertz CT molecular complexity index is 462. The van der Waals surface area contributed by atoms with Crippen molar-refractivity contribution in [1.29, 1.82) is 0 Å². The van der Waals surface area contributed by atoms with Crippen LogP contribution in [0, 0.1) is 6.92 Å². The van der Waals surface area contributed by atoms with Gasteiger partial charge in [0, 0.05) is 20.2 Å². The molecule has 20 heavy (non-hydrogen) atoms. The second-order valence-corrected chi connectivity index (χ2v) is 4.39. The number of aliphatic carboxylic acids is 1. The molecule has 2 amide bonds. The molecule has 0 aliphatic rings. The average Bonchev–Trinajstić information content (AvgIpc) is 2.41. The Hall–Kier alpha value is -2.08. The van der Waals surface area contributed by atoms with Crippen molar-refractivity contribution in [2.75, 3.05) is 26.8 Å². The van der Waals surface area contributed by atoms with E-state index in [0.717, 1.165) is 11.1 Å². The number of nitrogens with one attached hydrogen (secondary N) is 1. The Morgan fingerprint density at radius 2 is 2.05 bits per heavy atom. The summed E-state index contributed by atoms with van der Waals surface area (Å²) in [5.74, 6) is -1.05. The topological polar surface area (TPSA) is 78.9 Å². The Balaban J connectivity index is 2.57. The summed E-state index contributed by atoms with van der Waals surface area (Å²) >= 11 is 0. The Labute approximate surface area is 118 Å². The van der Waals surface area contributed by atoms with Gasteiger partial charge in [0.2, 0.25) is 0 Å². The van der Waals surface area contributed by atoms with Crippen LogP contribution in [0.25, 0.3) is 0 Å². The first-order valence-corrected chi connectivity index (χ1v) is 6.32. The molecule has 0 aliphatic heterocycles. The number of methoxy groups -OCH3 is 1. The lowest BCUT2D eigenvalue weighted by molar-refractivity contribution is -0.137. The minimum absolute atomic E-state index is 0.238. The molecular formula is C14H20N2O4. The van der Waals surface area contributed by atoms with Gasteiger partial charge in [-0.2, -0.15) is 0 Å². The van der Waals surface area contributed by atoms with Crippen LogP contribution < -0.4 is 5.32 Å². The maximum absolute atomic E-state index is 12.0. The molecule has 0 spiro atoms. The normalized spacial score (nSPS) is 10.1. The van der Waals surface area contributed by atoms with Gasteiger partial charge in [-0.25, -0.2) is 4.79 Å². The van der Waals surface area contributed by atoms with Gasteiger partial charge < -0.3 is 20.1 Å². The number of carboxylic acids is 1. The SMILES string of the molecule is COCCN(CC(=O)O)C(=O)NCc1ccccc1C. The predicted molar refractivity (Wildman–Crippen MR) is 74.5 cm³/mol. The van der Waals surface area contributed by atoms with Gasteiger partial charge in [-0.05, 0) is 18.1 Å². The summed E-state index contributed by atoms with van der Waals surface area (Å²) in [6.45, 7) is 2.52. The summed E-state index contributed by atoms with van der Waals surface area (Å²) in [5, 5.41) is 11.5. The van der Waals surface area contributed by atoms with Crippen LogP contribution in [0.3, 0.4) is 0 Å². The second kappa shape index (κ2) is 8.16. The van der Waals surface area contributed by atoms with Gasteiger partial charge in [0.15, 0.2) is 0 Å². The summed E-state index contributed by atoms with van der Waals surface area (Å²) < 4.78 is 4.87. The lowest BCUT2D eigenvalue weighted by Crippen LogP contribution is -2.44. The highest BCUT2D eigenvalue weighted by Gasteiger charge is 2.16. The second-order valence-electron chi connectivity index (χ2n) is 4.39. The molecule has 6 nitrogen and oxygen atoms in total. The van der Waals surface area contributed by atoms with Gasteiger partial charge in [-0.3, -0.25) is 4.79 Å². The predicted octanol–water partition coefficient (Wildman–Crippen LogP) is 1.24. The van der Waals surface area contributed by atoms with E-state index < -0.39 is 12.0 Å². The van der Waals surface area contributed by atoms with E-state index >= 15 is 0 Å². The van der Waals surface area contributed by atoms with Crippen molar-refractivity contribution in [1.82, 2.24) is 10.2 Å². The van der Waals surface area contributed by atoms with Crippen molar-refractivity contribution in [2.24, 2.45) is 0 Å². The average molecular weight is 280 g/mol. The largest absolute Gasteiger partial charge is 0.480 e. The number of carboxylic acid groups (broad SMARTS) is 1. The molecule has 0 aliphatic carbocycles. The number of carbonyl (C=O) groups is 2. The first kappa shape index (κ1) is 16.0. The molecule has 0 unspecified atom stereocenters. The standard InChI is InChI=1S/C14H20N2O4/c1-11-5-3-4-6-12(11)9-15-14(19)16(7-8-20-2)10-13(17)18/h3-6H,7-10H2,1-2H3,(H,15,19)(H,17,18). The number of urea groups is 1. The Kier molecular flexibility index (Phi) is 6.52. The number of amides is 2. The fourth-order valence-corrected chi connectivity index (χ4v) is 1.71. The number of hydrogen-bond donors (Lipinski definition) is 2. The van der Waals surface area contributed by atoms with Gasteiger partial charge in [-0.1, -0.05) is 24.3 Å². The molecule has 1 rings (SSSR count). The van der Waals surface area contributed by atoms with Crippen LogP contribution in [0.5, 0.6) is 0 Å². The fourth-order valence-electron chi connectivity index (χ4n) is 1.71. The molecule has 0 heterocycles. The maximum atomic E-state index is 12.0. The number of carbonyl (C=O) groups excluding carboxylic acids is 1. The van der Waals surface area contributed by atoms with Crippen LogP contribution >= 0.6 is 0 Å². The van der Waals surface area contributed by atoms with E-state index in [9.17, 15) is 9.59 Å². The summed E-state index contributed by atoms with van der Waals surface area (Å²) in [5.41, 5.74) is 2.08. The highest BCUT2D eigenvalue weighted by atomic mass is 16.5. The molecule has 2 N–H and O–H groups in total. The summed E-state index contributed by atoms with van der Waals surface area (Å²) in [4.78, 5) is 23.9. The molecule has 6 heteroatoms. The lowest BCUT2D eigenvalue weighted by atomic mass is 10.1. The van der Waals surface area contributed by atoms with Crippen LogP contribution in [0.2, 0.25) is 0 Å². The minimum atomic E-state index is -1.05. The van der Waals surface area contributed by atoms with Crippen LogP contribution in [0.15, 0.2) is 24.3 Å². The molecule has 0 atom stereocenters. The molecule has 0 saturated carbocycles. The van der Waals surface area contributed by atoms with E-state index in [2.05, 4.69) is 5.32 Å². The first-order chi connectivity index (χ1) is 9.54. The van der Waals surface area contributed by atoms with E-state index in [1.165, 1.54) is 12.0 Å². The molecule has 1 aromatic carbocycles. The lowest BCUT2D eigenvalue weighted by Gasteiger charge is -2.21. The van der Waals surface area contributed by atoms with Gasteiger partial charge in [-0.15, -0.1) is 0 Å². The smallest absolute Gasteiger partial charge is 0.323 e. The molecule has 0 fully saturated rings. The third-order valence-corrected chi connectivity index (χ3v) is 2.87. The van der Waals surface area contributed by atoms with E-state index in [-0.39, 0.29) is 13.1 Å². The van der Waals surface area contributed by atoms with Crippen molar-refractivity contribution < 1.29 is 19.4 Å².